The average Bonchev–Trinajstić information content (AvgIpc) is 4.12. The molecular weight excluding hydrogens is 809 g/mol. The zero-order chi connectivity index (χ0) is 43.0. The van der Waals surface area contributed by atoms with E-state index in [4.69, 9.17) is 19.2 Å². The molecule has 3 fully saturated rings. The summed E-state index contributed by atoms with van der Waals surface area (Å²) in [5.74, 6) is -0.594. The van der Waals surface area contributed by atoms with Crippen LogP contribution in [0, 0.1) is 5.92 Å². The van der Waals surface area contributed by atoms with Gasteiger partial charge < -0.3 is 34.6 Å². The summed E-state index contributed by atoms with van der Waals surface area (Å²) in [5, 5.41) is 6.49. The van der Waals surface area contributed by atoms with Crippen molar-refractivity contribution in [1.29, 1.82) is 0 Å². The van der Waals surface area contributed by atoms with Gasteiger partial charge in [0.2, 0.25) is 27.7 Å². The van der Waals surface area contributed by atoms with Crippen molar-refractivity contribution in [2.45, 2.75) is 93.9 Å². The van der Waals surface area contributed by atoms with Crippen molar-refractivity contribution in [3.8, 4) is 22.9 Å². The third-order valence-corrected chi connectivity index (χ3v) is 14.0. The third kappa shape index (κ3) is 9.78. The number of alkyl carbamates (subject to hydrolysis) is 1. The molecule has 3 heterocycles. The van der Waals surface area contributed by atoms with Crippen LogP contribution in [0.1, 0.15) is 59.3 Å². The highest BCUT2D eigenvalue weighted by Gasteiger charge is 2.62. The summed E-state index contributed by atoms with van der Waals surface area (Å²) in [4.78, 5) is 64.6. The number of hydrogen-bond donors (Lipinski definition) is 3. The van der Waals surface area contributed by atoms with Crippen LogP contribution in [0.3, 0.4) is 0 Å². The molecule has 4 aliphatic rings. The molecule has 1 saturated heterocycles. The number of sulfonamides is 1. The normalized spacial score (nSPS) is 25.4. The van der Waals surface area contributed by atoms with Crippen LogP contribution in [-0.2, 0) is 29.1 Å². The van der Waals surface area contributed by atoms with Crippen LogP contribution in [0.15, 0.2) is 60.7 Å². The van der Waals surface area contributed by atoms with E-state index >= 15 is 0 Å². The Kier molecular flexibility index (Phi) is 12.3. The maximum Gasteiger partial charge on any atom is 0.408 e. The molecule has 0 spiro atoms. The molecule has 15 nitrogen and oxygen atoms in total. The van der Waals surface area contributed by atoms with Gasteiger partial charge in [0, 0.05) is 48.8 Å². The van der Waals surface area contributed by atoms with E-state index in [1.807, 2.05) is 73.6 Å². The van der Waals surface area contributed by atoms with Crippen molar-refractivity contribution in [2.24, 2.45) is 5.92 Å². The van der Waals surface area contributed by atoms with Gasteiger partial charge in [-0.1, -0.05) is 24.3 Å². The Morgan fingerprint density at radius 1 is 1.07 bits per heavy atom. The van der Waals surface area contributed by atoms with Gasteiger partial charge in [-0.2, -0.15) is 11.8 Å². The van der Waals surface area contributed by atoms with Crippen molar-refractivity contribution >= 4 is 62.1 Å². The summed E-state index contributed by atoms with van der Waals surface area (Å²) in [6, 6.07) is 13.2. The lowest BCUT2D eigenvalue weighted by molar-refractivity contribution is -0.140. The van der Waals surface area contributed by atoms with Gasteiger partial charge in [-0.3, -0.25) is 19.1 Å². The first-order valence-electron chi connectivity index (χ1n) is 20.3. The van der Waals surface area contributed by atoms with Gasteiger partial charge >= 0.3 is 6.09 Å². The van der Waals surface area contributed by atoms with Crippen molar-refractivity contribution < 1.29 is 41.8 Å². The Balaban J connectivity index is 1.23. The molecule has 4 amide bonds. The smallest absolute Gasteiger partial charge is 0.408 e. The largest absolute Gasteiger partial charge is 0.497 e. The number of amides is 4. The molecular formula is C43H54N6O9S2. The summed E-state index contributed by atoms with van der Waals surface area (Å²) in [7, 11) is 1.60. The number of ether oxygens (including phenoxy) is 3. The van der Waals surface area contributed by atoms with E-state index < -0.39 is 74.3 Å². The molecule has 2 unspecified atom stereocenters. The Bertz CT molecular complexity index is 2280. The Labute approximate surface area is 355 Å². The predicted octanol–water partition coefficient (Wildman–Crippen LogP) is 4.78. The van der Waals surface area contributed by atoms with Crippen molar-refractivity contribution in [1.82, 2.24) is 25.2 Å². The van der Waals surface area contributed by atoms with Crippen LogP contribution in [0.25, 0.3) is 22.0 Å². The Morgan fingerprint density at radius 2 is 1.82 bits per heavy atom. The van der Waals surface area contributed by atoms with E-state index in [9.17, 15) is 27.6 Å². The van der Waals surface area contributed by atoms with Crippen LogP contribution >= 0.6 is 11.8 Å². The minimum atomic E-state index is -3.92. The van der Waals surface area contributed by atoms with Gasteiger partial charge in [0.1, 0.15) is 35.1 Å². The number of hydrogen-bond acceptors (Lipinski definition) is 12. The number of nitrogens with zero attached hydrogens (tertiary/aromatic N) is 3. The minimum Gasteiger partial charge on any atom is -0.497 e. The first-order chi connectivity index (χ1) is 28.5. The second-order valence-electron chi connectivity index (χ2n) is 17.1. The molecule has 3 N–H and O–H groups in total. The summed E-state index contributed by atoms with van der Waals surface area (Å²) < 4.78 is 45.9. The number of benzene rings is 2. The Morgan fingerprint density at radius 3 is 2.50 bits per heavy atom. The lowest BCUT2D eigenvalue weighted by atomic mass is 10.1. The number of carbonyl (C=O) groups excluding carboxylic acids is 4. The van der Waals surface area contributed by atoms with E-state index in [1.54, 1.807) is 33.9 Å². The number of nitrogens with one attached hydrogen (secondary N) is 3. The first-order valence-corrected chi connectivity index (χ1v) is 23.0. The number of pyridine rings is 1. The van der Waals surface area contributed by atoms with Gasteiger partial charge in [0.05, 0.1) is 24.6 Å². The predicted molar refractivity (Wildman–Crippen MR) is 231 cm³/mol. The number of carbonyl (C=O) groups is 4. The average molecular weight is 863 g/mol. The van der Waals surface area contributed by atoms with E-state index in [0.29, 0.717) is 41.8 Å². The second-order valence-corrected chi connectivity index (χ2v) is 20.2. The van der Waals surface area contributed by atoms with Crippen LogP contribution in [0.5, 0.6) is 11.6 Å². The van der Waals surface area contributed by atoms with Crippen LogP contribution in [-0.4, -0.2) is 116 Å². The molecule has 2 aliphatic carbocycles. The zero-order valence-corrected chi connectivity index (χ0v) is 36.5. The fraction of sp³-hybridized carbons (Fsp3) is 0.512. The molecule has 0 bridgehead atoms. The molecule has 2 aliphatic heterocycles. The highest BCUT2D eigenvalue weighted by Crippen LogP contribution is 2.46. The molecule has 60 heavy (non-hydrogen) atoms. The first kappa shape index (κ1) is 43.1. The van der Waals surface area contributed by atoms with Gasteiger partial charge in [0.25, 0.3) is 5.91 Å². The quantitative estimate of drug-likeness (QED) is 0.251. The fourth-order valence-electron chi connectivity index (χ4n) is 7.59. The molecule has 3 aromatic rings. The van der Waals surface area contributed by atoms with E-state index in [0.717, 1.165) is 23.1 Å². The molecule has 5 atom stereocenters. The lowest BCUT2D eigenvalue weighted by Gasteiger charge is -2.30. The number of rotatable bonds is 9. The minimum absolute atomic E-state index is 0.0174. The van der Waals surface area contributed by atoms with Gasteiger partial charge in [-0.25, -0.2) is 18.2 Å². The monoisotopic (exact) mass is 862 g/mol. The number of methoxy groups -OCH3 is 1. The zero-order valence-electron chi connectivity index (χ0n) is 34.9. The maximum absolute atomic E-state index is 14.7. The molecule has 2 aromatic carbocycles. The molecule has 0 radical (unpaired) electrons. The summed E-state index contributed by atoms with van der Waals surface area (Å²) >= 11 is 1.49. The van der Waals surface area contributed by atoms with Crippen molar-refractivity contribution in [3.63, 3.8) is 0 Å². The fourth-order valence-corrected chi connectivity index (χ4v) is 9.95. The number of fused-ring (bicyclic) bond motifs is 3. The third-order valence-electron chi connectivity index (χ3n) is 11.1. The number of allylic oxidation sites excluding steroid dienone is 1. The SMILES string of the molecule is COc1ccc2c(OC3C[C@H]4C(=O)N[C@]5(C(=O)NS(=O)(=O)C6CC6)CC5/C=C\CCCSC[C@H](NC(=O)OC(C)(C)C)C(=O)N4C3)nc(-c3ccc(N(C)C)cc3)cc2c1. The van der Waals surface area contributed by atoms with Crippen molar-refractivity contribution in [3.05, 3.63) is 60.7 Å². The molecule has 322 valence electrons. The molecule has 1 aromatic heterocycles. The number of aromatic nitrogens is 1. The van der Waals surface area contributed by atoms with E-state index in [-0.39, 0.29) is 31.0 Å². The van der Waals surface area contributed by atoms with E-state index in [1.165, 1.54) is 16.7 Å². The summed E-state index contributed by atoms with van der Waals surface area (Å²) in [6.07, 6.45) is 4.82. The van der Waals surface area contributed by atoms with Gasteiger partial charge in [0.15, 0.2) is 0 Å². The topological polar surface area (TPSA) is 186 Å². The molecule has 17 heteroatoms. The standard InChI is InChI=1S/C43H54N6O9S2/c1-42(2,3)58-41(53)45-35-25-59-19-9-7-8-10-28-23-43(28,40(52)47-60(54,55)32-16-17-32)46-37(50)36-22-31(24-49(36)39(35)51)57-38-33-18-15-30(56-6)20-27(33)21-34(44-38)26-11-13-29(14-12-26)48(4)5/h8,10-15,18,20-21,28,31-32,35-36H,7,9,16-17,19,22-25H2,1-6H3,(H,45,53)(H,46,50)(H,47,52)/b10-8-/t28?,31?,35-,36-,43+/m0/s1. The van der Waals surface area contributed by atoms with E-state index in [2.05, 4.69) is 15.4 Å². The molecule has 7 rings (SSSR count). The van der Waals surface area contributed by atoms with Crippen molar-refractivity contribution in [2.75, 3.05) is 44.2 Å². The lowest BCUT2D eigenvalue weighted by Crippen LogP contribution is -2.58. The highest BCUT2D eigenvalue weighted by atomic mass is 32.2. The molecule has 2 saturated carbocycles. The second kappa shape index (κ2) is 17.1. The van der Waals surface area contributed by atoms with Crippen LogP contribution in [0.4, 0.5) is 10.5 Å². The van der Waals surface area contributed by atoms with Crippen LogP contribution < -0.4 is 29.7 Å². The Hall–Kier alpha value is -5.03. The maximum atomic E-state index is 14.7. The summed E-state index contributed by atoms with van der Waals surface area (Å²) in [5.41, 5.74) is 0.146. The summed E-state index contributed by atoms with van der Waals surface area (Å²) in [6.45, 7) is 5.13. The highest BCUT2D eigenvalue weighted by molar-refractivity contribution is 7.99. The van der Waals surface area contributed by atoms with Gasteiger partial charge in [-0.15, -0.1) is 0 Å². The van der Waals surface area contributed by atoms with Gasteiger partial charge in [-0.05, 0) is 100 Å². The number of thioether (sulfide) groups is 1. The van der Waals surface area contributed by atoms with Crippen LogP contribution in [0.2, 0.25) is 0 Å². The number of anilines is 1.